The second-order valence-corrected chi connectivity index (χ2v) is 35.8. The molecule has 0 aliphatic carbocycles. The highest BCUT2D eigenvalue weighted by atomic mass is 16.1. The normalized spacial score (nSPS) is 15.1. The Morgan fingerprint density at radius 3 is 1.02 bits per heavy atom. The first-order chi connectivity index (χ1) is 62.7. The van der Waals surface area contributed by atoms with Gasteiger partial charge in [0, 0.05) is 138 Å². The van der Waals surface area contributed by atoms with Gasteiger partial charge in [0.1, 0.15) is 34.7 Å². The fraction of sp³-hybridized carbons (Fsp3) is 0.327. The number of fused-ring (bicyclic) bond motifs is 24. The number of nitrogens with one attached hydrogen (secondary N) is 6. The maximum atomic E-state index is 12.1. The molecule has 22 heteroatoms. The number of azo groups is 2. The first kappa shape index (κ1) is 94.1. The minimum Gasteiger partial charge on any atom is -0.355 e. The predicted molar refractivity (Wildman–Crippen MR) is 542 cm³/mol. The standard InChI is InChI=1S/C37H40N6O2.C36H38N6O2.C36H38N4O2.CH4/c1-8-25-21(4)29-15-30-22(5)26(11-9-19(2)44)34(40-30)18-35-27(12-10-20(3)45)23(6)31(41-35)17-36-37(28-13-14-38-43-28)24(7)32(42-36)16-33(25)39-29;1-7-25-21(4)31-17-36-28(29-12-13-37-42-29)14-24(38-36)15-30-22(5)26(10-8-19(2)43)34(39-30)18-35-27(11-9-20(3)44)23(6)32(41-35)16-33(25)40-31;1-9-25-21(5)29-15-30-23(7)27(13-11-19(3)41)35(39-30)18-36-28(14-12-20(4)42)24(8)32(40-36)17-34-26(10-2)22(6)31(38-34)16-33(25)37-29;/h8,15-18,28,39,42H,1,9-14H2,2-7H3;7,14-18,29,38,40H,1,8-13H2,2-6H3;9-10,15-18,38,40H,1-2,11-14H2,3-8H3;1H4. The molecule has 0 amide bonds. The number of Topliss-reactive ketones (excluding diaryl/α,β-unsaturated/α-hetero) is 6. The predicted octanol–water partition coefficient (Wildman–Crippen LogP) is 27.0. The molecule has 0 fully saturated rings. The van der Waals surface area contributed by atoms with Crippen molar-refractivity contribution in [1.82, 2.24) is 59.8 Å². The van der Waals surface area contributed by atoms with Gasteiger partial charge in [-0.1, -0.05) is 58.0 Å². The van der Waals surface area contributed by atoms with Crippen LogP contribution in [-0.2, 0) is 35.2 Å². The molecule has 8 aliphatic rings. The van der Waals surface area contributed by atoms with Gasteiger partial charge in [-0.25, -0.2) is 29.9 Å². The van der Waals surface area contributed by atoms with E-state index in [1.165, 1.54) is 0 Å². The maximum Gasteiger partial charge on any atom is 0.130 e. The van der Waals surface area contributed by atoms with Crippen LogP contribution in [0.4, 0.5) is 0 Å². The van der Waals surface area contributed by atoms with Gasteiger partial charge < -0.3 is 58.7 Å². The summed E-state index contributed by atoms with van der Waals surface area (Å²) in [6.07, 6.45) is 15.5. The molecule has 0 spiro atoms. The Bertz CT molecular complexity index is 7290. The van der Waals surface area contributed by atoms with Gasteiger partial charge in [0.2, 0.25) is 0 Å². The molecule has 6 N–H and O–H groups in total. The first-order valence-electron chi connectivity index (χ1n) is 45.4. The van der Waals surface area contributed by atoms with Crippen molar-refractivity contribution in [2.75, 3.05) is 13.1 Å². The van der Waals surface area contributed by atoms with Crippen LogP contribution in [0.3, 0.4) is 0 Å². The quantitative estimate of drug-likeness (QED) is 0.0329. The van der Waals surface area contributed by atoms with Crippen molar-refractivity contribution in [3.05, 3.63) is 241 Å². The summed E-state index contributed by atoms with van der Waals surface area (Å²) in [5.74, 6) is 0.847. The van der Waals surface area contributed by atoms with Crippen LogP contribution in [0.25, 0.3) is 151 Å². The highest BCUT2D eigenvalue weighted by molar-refractivity contribution is 6.03. The number of aryl methyl sites for hydroxylation is 6. The number of hydrogen-bond donors (Lipinski definition) is 6. The molecule has 17 rings (SSSR count). The number of nitrogens with zero attached hydrogens (tertiary/aromatic N) is 10. The third-order valence-corrected chi connectivity index (χ3v) is 26.8. The monoisotopic (exact) mass is 1760 g/mol. The fourth-order valence-corrected chi connectivity index (χ4v) is 18.9. The van der Waals surface area contributed by atoms with Crippen molar-refractivity contribution in [1.29, 1.82) is 0 Å². The second kappa shape index (κ2) is 39.3. The zero-order chi connectivity index (χ0) is 93.4. The van der Waals surface area contributed by atoms with E-state index in [-0.39, 0.29) is 54.2 Å². The van der Waals surface area contributed by atoms with Crippen molar-refractivity contribution >= 4 is 186 Å². The largest absolute Gasteiger partial charge is 0.355 e. The minimum absolute atomic E-state index is 0. The van der Waals surface area contributed by atoms with E-state index >= 15 is 0 Å². The molecule has 676 valence electrons. The van der Waals surface area contributed by atoms with E-state index in [1.54, 1.807) is 41.5 Å². The van der Waals surface area contributed by atoms with Crippen LogP contribution in [0.15, 0.2) is 132 Å². The Morgan fingerprint density at radius 1 is 0.303 bits per heavy atom. The molecule has 0 saturated heterocycles. The van der Waals surface area contributed by atoms with Crippen LogP contribution < -0.4 is 0 Å². The number of carbonyl (C=O) groups excluding carboxylic acids is 6. The Labute approximate surface area is 771 Å². The fourth-order valence-electron chi connectivity index (χ4n) is 18.9. The average molecular weight is 1760 g/mol. The van der Waals surface area contributed by atoms with Gasteiger partial charge in [-0.15, -0.1) is 0 Å². The third-order valence-electron chi connectivity index (χ3n) is 26.8. The topological polar surface area (TPSA) is 324 Å². The summed E-state index contributed by atoms with van der Waals surface area (Å²) in [6, 6.07) is 27.1. The number of aromatic nitrogens is 12. The molecule has 0 saturated carbocycles. The van der Waals surface area contributed by atoms with Gasteiger partial charge in [0.05, 0.1) is 93.5 Å². The Kier molecular flexibility index (Phi) is 28.1. The van der Waals surface area contributed by atoms with Gasteiger partial charge in [0.25, 0.3) is 0 Å². The van der Waals surface area contributed by atoms with Crippen LogP contribution in [-0.4, -0.2) is 108 Å². The molecule has 0 aromatic carbocycles. The van der Waals surface area contributed by atoms with E-state index in [0.717, 1.165) is 282 Å². The van der Waals surface area contributed by atoms with Crippen molar-refractivity contribution < 1.29 is 28.8 Å². The van der Waals surface area contributed by atoms with Gasteiger partial charge in [-0.05, 0) is 343 Å². The molecule has 2 atom stereocenters. The molecule has 24 bridgehead atoms. The summed E-state index contributed by atoms with van der Waals surface area (Å²) in [6.45, 7) is 50.5. The lowest BCUT2D eigenvalue weighted by molar-refractivity contribution is -0.117. The molecular formula is C110H120N16O6. The number of carbonyl (C=O) groups is 6. The van der Waals surface area contributed by atoms with Crippen molar-refractivity contribution in [2.45, 2.75) is 227 Å². The Morgan fingerprint density at radius 2 is 0.606 bits per heavy atom. The lowest BCUT2D eigenvalue weighted by Crippen LogP contribution is -1.95. The minimum atomic E-state index is -0.0261. The lowest BCUT2D eigenvalue weighted by Gasteiger charge is -2.06. The molecule has 132 heavy (non-hydrogen) atoms. The number of H-pyrrole nitrogens is 6. The van der Waals surface area contributed by atoms with Crippen LogP contribution in [0.1, 0.15) is 316 Å². The van der Waals surface area contributed by atoms with Crippen LogP contribution in [0.2, 0.25) is 0 Å². The van der Waals surface area contributed by atoms with Gasteiger partial charge in [-0.3, -0.25) is 0 Å². The molecular weight excluding hydrogens is 1640 g/mol. The summed E-state index contributed by atoms with van der Waals surface area (Å²) < 4.78 is 0. The van der Waals surface area contributed by atoms with Crippen molar-refractivity contribution in [2.24, 2.45) is 20.5 Å². The van der Waals surface area contributed by atoms with Crippen molar-refractivity contribution in [3.63, 3.8) is 0 Å². The maximum absolute atomic E-state index is 12.1. The van der Waals surface area contributed by atoms with E-state index in [0.29, 0.717) is 83.6 Å². The highest BCUT2D eigenvalue weighted by Gasteiger charge is 2.30. The summed E-state index contributed by atoms with van der Waals surface area (Å²) >= 11 is 0. The zero-order valence-corrected chi connectivity index (χ0v) is 78.5. The number of ketones is 6. The number of allylic oxidation sites excluding steroid dienone is 13. The summed E-state index contributed by atoms with van der Waals surface area (Å²) in [5.41, 5.74) is 45.8. The van der Waals surface area contributed by atoms with E-state index in [4.69, 9.17) is 29.9 Å². The lowest BCUT2D eigenvalue weighted by atomic mass is 9.97. The average Bonchev–Trinajstić information content (AvgIpc) is 1.62. The van der Waals surface area contributed by atoms with Crippen LogP contribution in [0.5, 0.6) is 0 Å². The number of rotatable bonds is 24. The SMILES string of the molecule is C.C=CC1=C(C)c2cc3nc(cc4[nH]c(cc5[nH]c(cc1n2)c(C)c5C=C)c(C)c4CCC(C)=O)C(CCC(C)=O)=C3C.C=Cc1c(C)c2cc3[nH]c(cc4nc(cc5nc(cc1[nH]2)C(C)=C5CCC(C)=O)C(CCC(C)=O)=C4C)cc3C1CCN=N1.C=Cc1c(C)c2cc3nc(cc4nc(cc5[nH]c(cc1[nH]2)c(C)c5C1CCN=N1)C(C)=C4CCC(C)=O)C(CCC(C)=O)=C3C. The van der Waals surface area contributed by atoms with Crippen molar-refractivity contribution in [3.8, 4) is 0 Å². The second-order valence-electron chi connectivity index (χ2n) is 35.8. The van der Waals surface area contributed by atoms with E-state index in [9.17, 15) is 28.8 Å². The van der Waals surface area contributed by atoms with Crippen LogP contribution in [0, 0.1) is 34.6 Å². The molecule has 9 aromatic heterocycles. The summed E-state index contributed by atoms with van der Waals surface area (Å²) in [4.78, 5) is 125. The van der Waals surface area contributed by atoms with Gasteiger partial charge in [0.15, 0.2) is 0 Å². The number of hydrogen-bond acceptors (Lipinski definition) is 16. The third kappa shape index (κ3) is 19.3. The van der Waals surface area contributed by atoms with Crippen LogP contribution >= 0.6 is 0 Å². The molecule has 9 aromatic rings. The summed E-state index contributed by atoms with van der Waals surface area (Å²) in [7, 11) is 0. The Hall–Kier alpha value is -14.0. The summed E-state index contributed by atoms with van der Waals surface area (Å²) in [5, 5.41) is 17.7. The van der Waals surface area contributed by atoms with E-state index < -0.39 is 0 Å². The smallest absolute Gasteiger partial charge is 0.130 e. The molecule has 17 heterocycles. The highest BCUT2D eigenvalue weighted by Crippen LogP contribution is 2.45. The number of aromatic amines is 6. The van der Waals surface area contributed by atoms with E-state index in [2.05, 4.69) is 214 Å². The molecule has 8 aliphatic heterocycles. The molecule has 0 radical (unpaired) electrons. The van der Waals surface area contributed by atoms with Gasteiger partial charge >= 0.3 is 0 Å². The molecule has 2 unspecified atom stereocenters. The van der Waals surface area contributed by atoms with E-state index in [1.807, 2.05) is 42.5 Å². The van der Waals surface area contributed by atoms with Gasteiger partial charge in [-0.2, -0.15) is 20.5 Å². The zero-order valence-electron chi connectivity index (χ0n) is 78.5. The molecule has 22 nitrogen and oxygen atoms in total. The Balaban J connectivity index is 0.000000159. The first-order valence-corrected chi connectivity index (χ1v) is 45.4.